The third kappa shape index (κ3) is 2.81. The van der Waals surface area contributed by atoms with Gasteiger partial charge in [0, 0.05) is 18.9 Å². The lowest BCUT2D eigenvalue weighted by atomic mass is 9.90. The molecule has 2 unspecified atom stereocenters. The SMILES string of the molecule is CCC1OCCC1C(=O)Cc1ccc(C)c(C)c1. The van der Waals surface area contributed by atoms with Crippen LogP contribution in [0.15, 0.2) is 18.2 Å². The Hall–Kier alpha value is -1.15. The second-order valence-corrected chi connectivity index (χ2v) is 5.27. The fraction of sp³-hybridized carbons (Fsp3) is 0.562. The first kappa shape index (κ1) is 13.3. The fourth-order valence-electron chi connectivity index (χ4n) is 2.66. The number of rotatable bonds is 4. The summed E-state index contributed by atoms with van der Waals surface area (Å²) in [6, 6.07) is 6.29. The lowest BCUT2D eigenvalue weighted by Gasteiger charge is -2.15. The smallest absolute Gasteiger partial charge is 0.143 e. The van der Waals surface area contributed by atoms with Crippen molar-refractivity contribution in [1.82, 2.24) is 0 Å². The number of hydrogen-bond donors (Lipinski definition) is 0. The lowest BCUT2D eigenvalue weighted by molar-refractivity contribution is -0.123. The van der Waals surface area contributed by atoms with E-state index in [0.717, 1.165) is 25.0 Å². The van der Waals surface area contributed by atoms with Crippen molar-refractivity contribution >= 4 is 5.78 Å². The molecule has 1 saturated heterocycles. The monoisotopic (exact) mass is 246 g/mol. The molecule has 1 aliphatic heterocycles. The average molecular weight is 246 g/mol. The molecule has 2 nitrogen and oxygen atoms in total. The van der Waals surface area contributed by atoms with Crippen LogP contribution in [0.2, 0.25) is 0 Å². The quantitative estimate of drug-likeness (QED) is 0.815. The van der Waals surface area contributed by atoms with Crippen LogP contribution < -0.4 is 0 Å². The van der Waals surface area contributed by atoms with Gasteiger partial charge in [0.05, 0.1) is 6.10 Å². The number of carbonyl (C=O) groups is 1. The molecular formula is C16H22O2. The minimum absolute atomic E-state index is 0.108. The third-order valence-electron chi connectivity index (χ3n) is 3.98. The van der Waals surface area contributed by atoms with Gasteiger partial charge in [0.15, 0.2) is 0 Å². The van der Waals surface area contributed by atoms with Crippen molar-refractivity contribution < 1.29 is 9.53 Å². The maximum absolute atomic E-state index is 12.3. The second-order valence-electron chi connectivity index (χ2n) is 5.27. The van der Waals surface area contributed by atoms with E-state index >= 15 is 0 Å². The van der Waals surface area contributed by atoms with Gasteiger partial charge < -0.3 is 4.74 Å². The largest absolute Gasteiger partial charge is 0.377 e. The van der Waals surface area contributed by atoms with Crippen LogP contribution in [0.4, 0.5) is 0 Å². The fourth-order valence-corrected chi connectivity index (χ4v) is 2.66. The van der Waals surface area contributed by atoms with E-state index in [1.165, 1.54) is 11.1 Å². The van der Waals surface area contributed by atoms with Gasteiger partial charge in [-0.15, -0.1) is 0 Å². The van der Waals surface area contributed by atoms with Crippen LogP contribution in [0.25, 0.3) is 0 Å². The molecule has 2 atom stereocenters. The van der Waals surface area contributed by atoms with Crippen molar-refractivity contribution in [3.63, 3.8) is 0 Å². The first-order chi connectivity index (χ1) is 8.61. The number of hydrogen-bond acceptors (Lipinski definition) is 2. The Bertz CT molecular complexity index is 437. The molecule has 1 aromatic carbocycles. The number of Topliss-reactive ketones (excluding diaryl/α,β-unsaturated/α-hetero) is 1. The van der Waals surface area contributed by atoms with E-state index in [4.69, 9.17) is 4.74 Å². The van der Waals surface area contributed by atoms with Crippen molar-refractivity contribution in [1.29, 1.82) is 0 Å². The predicted molar refractivity (Wildman–Crippen MR) is 72.8 cm³/mol. The minimum atomic E-state index is 0.108. The summed E-state index contributed by atoms with van der Waals surface area (Å²) in [4.78, 5) is 12.3. The summed E-state index contributed by atoms with van der Waals surface area (Å²) in [6.45, 7) is 7.02. The van der Waals surface area contributed by atoms with Crippen molar-refractivity contribution in [2.75, 3.05) is 6.61 Å². The molecule has 2 rings (SSSR count). The van der Waals surface area contributed by atoms with E-state index in [0.29, 0.717) is 12.2 Å². The normalized spacial score (nSPS) is 23.3. The molecule has 98 valence electrons. The van der Waals surface area contributed by atoms with Gasteiger partial charge in [-0.1, -0.05) is 25.1 Å². The van der Waals surface area contributed by atoms with E-state index < -0.39 is 0 Å². The summed E-state index contributed by atoms with van der Waals surface area (Å²) in [5, 5.41) is 0. The summed E-state index contributed by atoms with van der Waals surface area (Å²) in [6.07, 6.45) is 2.51. The van der Waals surface area contributed by atoms with Crippen molar-refractivity contribution in [2.45, 2.75) is 46.1 Å². The van der Waals surface area contributed by atoms with Crippen LogP contribution in [-0.4, -0.2) is 18.5 Å². The Kier molecular flexibility index (Phi) is 4.18. The van der Waals surface area contributed by atoms with Gasteiger partial charge in [-0.3, -0.25) is 4.79 Å². The summed E-state index contributed by atoms with van der Waals surface area (Å²) >= 11 is 0. The topological polar surface area (TPSA) is 26.3 Å². The Morgan fingerprint density at radius 2 is 2.11 bits per heavy atom. The van der Waals surface area contributed by atoms with Gasteiger partial charge in [0.2, 0.25) is 0 Å². The van der Waals surface area contributed by atoms with Gasteiger partial charge in [-0.25, -0.2) is 0 Å². The number of ether oxygens (including phenoxy) is 1. The Morgan fingerprint density at radius 3 is 2.78 bits per heavy atom. The van der Waals surface area contributed by atoms with Crippen molar-refractivity contribution in [3.05, 3.63) is 34.9 Å². The molecule has 0 N–H and O–H groups in total. The highest BCUT2D eigenvalue weighted by atomic mass is 16.5. The van der Waals surface area contributed by atoms with Crippen LogP contribution in [-0.2, 0) is 16.0 Å². The van der Waals surface area contributed by atoms with Gasteiger partial charge in [-0.05, 0) is 43.4 Å². The maximum atomic E-state index is 12.3. The standard InChI is InChI=1S/C16H22O2/c1-4-16-14(7-8-18-16)15(17)10-13-6-5-11(2)12(3)9-13/h5-6,9,14,16H,4,7-8,10H2,1-3H3. The number of carbonyl (C=O) groups excluding carboxylic acids is 1. The van der Waals surface area contributed by atoms with Gasteiger partial charge in [-0.2, -0.15) is 0 Å². The molecule has 0 amide bonds. The molecule has 0 saturated carbocycles. The van der Waals surface area contributed by atoms with Crippen LogP contribution in [0.1, 0.15) is 36.5 Å². The number of ketones is 1. The molecule has 0 spiro atoms. The maximum Gasteiger partial charge on any atom is 0.143 e. The van der Waals surface area contributed by atoms with E-state index in [-0.39, 0.29) is 12.0 Å². The minimum Gasteiger partial charge on any atom is -0.377 e. The van der Waals surface area contributed by atoms with Crippen LogP contribution in [0.3, 0.4) is 0 Å². The Morgan fingerprint density at radius 1 is 1.33 bits per heavy atom. The van der Waals surface area contributed by atoms with Gasteiger partial charge in [0.25, 0.3) is 0 Å². The van der Waals surface area contributed by atoms with E-state index in [1.54, 1.807) is 0 Å². The van der Waals surface area contributed by atoms with Gasteiger partial charge in [0.1, 0.15) is 5.78 Å². The van der Waals surface area contributed by atoms with Crippen LogP contribution in [0.5, 0.6) is 0 Å². The molecule has 0 radical (unpaired) electrons. The zero-order valence-electron chi connectivity index (χ0n) is 11.5. The zero-order chi connectivity index (χ0) is 13.1. The predicted octanol–water partition coefficient (Wildman–Crippen LogP) is 3.23. The zero-order valence-corrected chi connectivity index (χ0v) is 11.5. The molecule has 1 aromatic rings. The highest BCUT2D eigenvalue weighted by Crippen LogP contribution is 2.25. The molecule has 0 aromatic heterocycles. The first-order valence-corrected chi connectivity index (χ1v) is 6.82. The van der Waals surface area contributed by atoms with Gasteiger partial charge >= 0.3 is 0 Å². The van der Waals surface area contributed by atoms with Crippen molar-refractivity contribution in [3.8, 4) is 0 Å². The molecule has 1 heterocycles. The highest BCUT2D eigenvalue weighted by molar-refractivity contribution is 5.84. The number of aryl methyl sites for hydroxylation is 2. The van der Waals surface area contributed by atoms with Crippen LogP contribution in [0, 0.1) is 19.8 Å². The average Bonchev–Trinajstić information content (AvgIpc) is 2.82. The number of benzene rings is 1. The van der Waals surface area contributed by atoms with E-state index in [2.05, 4.69) is 39.0 Å². The summed E-state index contributed by atoms with van der Waals surface area (Å²) < 4.78 is 5.60. The van der Waals surface area contributed by atoms with E-state index in [9.17, 15) is 4.79 Å². The molecule has 2 heteroatoms. The van der Waals surface area contributed by atoms with Crippen molar-refractivity contribution in [2.24, 2.45) is 5.92 Å². The molecule has 18 heavy (non-hydrogen) atoms. The summed E-state index contributed by atoms with van der Waals surface area (Å²) in [5.41, 5.74) is 3.67. The molecule has 1 fully saturated rings. The van der Waals surface area contributed by atoms with Crippen LogP contribution >= 0.6 is 0 Å². The van der Waals surface area contributed by atoms with E-state index in [1.807, 2.05) is 0 Å². The lowest BCUT2D eigenvalue weighted by Crippen LogP contribution is -2.25. The highest BCUT2D eigenvalue weighted by Gasteiger charge is 2.32. The summed E-state index contributed by atoms with van der Waals surface area (Å²) in [7, 11) is 0. The Labute approximate surface area is 109 Å². The summed E-state index contributed by atoms with van der Waals surface area (Å²) in [5.74, 6) is 0.444. The first-order valence-electron chi connectivity index (χ1n) is 6.82. The molecule has 0 bridgehead atoms. The molecular weight excluding hydrogens is 224 g/mol. The Balaban J connectivity index is 2.04. The molecule has 1 aliphatic rings. The second kappa shape index (κ2) is 5.66. The molecule has 0 aliphatic carbocycles. The third-order valence-corrected chi connectivity index (χ3v) is 3.98.